The average Bonchev–Trinajstić information content (AvgIpc) is 3.19. The number of hydrogen-bond acceptors (Lipinski definition) is 0. The zero-order chi connectivity index (χ0) is 16.5. The van der Waals surface area contributed by atoms with Crippen LogP contribution in [0.25, 0.3) is 11.3 Å². The lowest BCUT2D eigenvalue weighted by Gasteiger charge is -2.01. The normalized spacial score (nSPS) is 12.7. The number of rotatable bonds is 4. The van der Waals surface area contributed by atoms with Gasteiger partial charge in [-0.05, 0) is 30.2 Å². The smallest absolute Gasteiger partial charge is 0.257 e. The summed E-state index contributed by atoms with van der Waals surface area (Å²) < 4.78 is 4.82. The lowest BCUT2D eigenvalue weighted by Crippen LogP contribution is -3.00. The number of hydrogen-bond donors (Lipinski definition) is 0. The number of benzene rings is 2. The van der Waals surface area contributed by atoms with E-state index >= 15 is 0 Å². The molecule has 1 aliphatic rings. The molecule has 2 nitrogen and oxygen atoms in total. The van der Waals surface area contributed by atoms with Gasteiger partial charge in [-0.1, -0.05) is 53.5 Å². The van der Waals surface area contributed by atoms with Gasteiger partial charge in [0.25, 0.3) is 5.82 Å². The maximum Gasteiger partial charge on any atom is 0.257 e. The summed E-state index contributed by atoms with van der Waals surface area (Å²) >= 11 is 12.3. The molecule has 0 fully saturated rings. The van der Waals surface area contributed by atoms with Crippen LogP contribution < -0.4 is 21.5 Å². The van der Waals surface area contributed by atoms with Gasteiger partial charge in [0.1, 0.15) is 6.20 Å². The van der Waals surface area contributed by atoms with Gasteiger partial charge < -0.3 is 17.0 Å². The number of aryl methyl sites for hydroxylation is 2. The van der Waals surface area contributed by atoms with E-state index in [0.717, 1.165) is 31.5 Å². The summed E-state index contributed by atoms with van der Waals surface area (Å²) in [5, 5.41) is 1.21. The molecule has 0 spiro atoms. The minimum absolute atomic E-state index is 0. The van der Waals surface area contributed by atoms with Crippen molar-refractivity contribution < 1.29 is 21.5 Å². The molecule has 0 unspecified atom stereocenters. The molecule has 0 atom stereocenters. The van der Waals surface area contributed by atoms with Crippen molar-refractivity contribution in [1.82, 2.24) is 4.57 Å². The number of nitrogens with zero attached hydrogens (tertiary/aromatic N) is 2. The average molecular weight is 438 g/mol. The Kier molecular flexibility index (Phi) is 5.88. The highest BCUT2D eigenvalue weighted by molar-refractivity contribution is 6.42. The first-order valence-electron chi connectivity index (χ1n) is 8.33. The standard InChI is InChI=1S/C20H19Cl2N2.BrH/c21-17-9-8-16(13-18(17)22)19-14-23(20-7-4-11-24(19)20)12-10-15-5-2-1-3-6-15;/h1-3,5-6,8-9,13-14H,4,7,10-12H2;1H/q+1;/p-1. The van der Waals surface area contributed by atoms with Crippen LogP contribution in [-0.4, -0.2) is 4.57 Å². The zero-order valence-electron chi connectivity index (χ0n) is 13.8. The first-order chi connectivity index (χ1) is 11.7. The van der Waals surface area contributed by atoms with Crippen molar-refractivity contribution in [2.45, 2.75) is 32.4 Å². The minimum atomic E-state index is 0. The van der Waals surface area contributed by atoms with Gasteiger partial charge >= 0.3 is 0 Å². The second kappa shape index (κ2) is 7.94. The van der Waals surface area contributed by atoms with Crippen molar-refractivity contribution >= 4 is 23.2 Å². The molecule has 0 radical (unpaired) electrons. The van der Waals surface area contributed by atoms with Crippen molar-refractivity contribution in [3.05, 3.63) is 76.2 Å². The largest absolute Gasteiger partial charge is 1.00 e. The molecular weight excluding hydrogens is 419 g/mol. The Morgan fingerprint density at radius 1 is 1.00 bits per heavy atom. The van der Waals surface area contributed by atoms with E-state index in [4.69, 9.17) is 23.2 Å². The fourth-order valence-electron chi connectivity index (χ4n) is 3.48. The molecule has 1 aromatic heterocycles. The summed E-state index contributed by atoms with van der Waals surface area (Å²) in [6.07, 6.45) is 5.65. The molecule has 130 valence electrons. The fourth-order valence-corrected chi connectivity index (χ4v) is 3.78. The van der Waals surface area contributed by atoms with Crippen LogP contribution in [0.3, 0.4) is 0 Å². The van der Waals surface area contributed by atoms with Crippen molar-refractivity contribution in [2.24, 2.45) is 0 Å². The Labute approximate surface area is 168 Å². The molecule has 4 rings (SSSR count). The third kappa shape index (κ3) is 3.79. The van der Waals surface area contributed by atoms with Gasteiger partial charge in [0, 0.05) is 12.0 Å². The third-order valence-corrected chi connectivity index (χ3v) is 5.43. The molecule has 0 bridgehead atoms. The van der Waals surface area contributed by atoms with Crippen molar-refractivity contribution in [3.63, 3.8) is 0 Å². The lowest BCUT2D eigenvalue weighted by molar-refractivity contribution is -0.702. The predicted molar refractivity (Wildman–Crippen MR) is 98.6 cm³/mol. The molecule has 0 saturated carbocycles. The van der Waals surface area contributed by atoms with E-state index in [1.807, 2.05) is 12.1 Å². The number of halogens is 3. The number of aromatic nitrogens is 2. The zero-order valence-corrected chi connectivity index (χ0v) is 16.9. The van der Waals surface area contributed by atoms with Gasteiger partial charge in [0.15, 0.2) is 5.69 Å². The molecule has 5 heteroatoms. The summed E-state index contributed by atoms with van der Waals surface area (Å²) in [6.45, 7) is 2.07. The van der Waals surface area contributed by atoms with Crippen LogP contribution in [0.15, 0.2) is 54.7 Å². The van der Waals surface area contributed by atoms with Gasteiger partial charge in [-0.3, -0.25) is 0 Å². The van der Waals surface area contributed by atoms with Crippen molar-refractivity contribution in [3.8, 4) is 11.3 Å². The number of imidazole rings is 1. The predicted octanol–water partition coefficient (Wildman–Crippen LogP) is 1.94. The summed E-state index contributed by atoms with van der Waals surface area (Å²) in [7, 11) is 0. The Morgan fingerprint density at radius 3 is 2.56 bits per heavy atom. The van der Waals surface area contributed by atoms with Gasteiger partial charge in [-0.15, -0.1) is 0 Å². The quantitative estimate of drug-likeness (QED) is 0.551. The molecule has 3 aromatic rings. The Balaban J connectivity index is 0.00000182. The van der Waals surface area contributed by atoms with E-state index in [1.165, 1.54) is 23.5 Å². The summed E-state index contributed by atoms with van der Waals surface area (Å²) in [4.78, 5) is 0. The SMILES string of the molecule is Clc1ccc(-c2c[n+](CCc3ccccc3)c3n2CCC3)cc1Cl.[Br-]. The van der Waals surface area contributed by atoms with E-state index in [0.29, 0.717) is 10.0 Å². The molecule has 0 N–H and O–H groups in total. The summed E-state index contributed by atoms with van der Waals surface area (Å²) in [6, 6.07) is 16.5. The second-order valence-electron chi connectivity index (χ2n) is 6.24. The van der Waals surface area contributed by atoms with E-state index in [9.17, 15) is 0 Å². The second-order valence-corrected chi connectivity index (χ2v) is 7.06. The summed E-state index contributed by atoms with van der Waals surface area (Å²) in [5.41, 5.74) is 3.74. The molecule has 1 aliphatic heterocycles. The molecule has 2 heterocycles. The first-order valence-corrected chi connectivity index (χ1v) is 9.09. The van der Waals surface area contributed by atoms with Gasteiger partial charge in [-0.2, -0.15) is 0 Å². The lowest BCUT2D eigenvalue weighted by atomic mass is 10.1. The highest BCUT2D eigenvalue weighted by atomic mass is 79.9. The van der Waals surface area contributed by atoms with Crippen LogP contribution >= 0.6 is 23.2 Å². The van der Waals surface area contributed by atoms with Crippen LogP contribution in [0, 0.1) is 0 Å². The van der Waals surface area contributed by atoms with Crippen LogP contribution in [0.5, 0.6) is 0 Å². The van der Waals surface area contributed by atoms with E-state index in [-0.39, 0.29) is 17.0 Å². The van der Waals surface area contributed by atoms with Crippen LogP contribution in [-0.2, 0) is 25.9 Å². The topological polar surface area (TPSA) is 8.81 Å². The van der Waals surface area contributed by atoms with Crippen molar-refractivity contribution in [2.75, 3.05) is 0 Å². The van der Waals surface area contributed by atoms with E-state index in [2.05, 4.69) is 51.7 Å². The Hall–Kier alpha value is -1.29. The maximum absolute atomic E-state index is 6.21. The molecule has 0 aliphatic carbocycles. The Bertz CT molecular complexity index is 875. The van der Waals surface area contributed by atoms with Gasteiger partial charge in [0.05, 0.1) is 29.6 Å². The van der Waals surface area contributed by atoms with Crippen LogP contribution in [0.1, 0.15) is 17.8 Å². The highest BCUT2D eigenvalue weighted by Crippen LogP contribution is 2.30. The van der Waals surface area contributed by atoms with E-state index < -0.39 is 0 Å². The highest BCUT2D eigenvalue weighted by Gasteiger charge is 2.28. The monoisotopic (exact) mass is 436 g/mol. The molecule has 2 aromatic carbocycles. The van der Waals surface area contributed by atoms with Gasteiger partial charge in [-0.25, -0.2) is 9.13 Å². The van der Waals surface area contributed by atoms with Crippen molar-refractivity contribution in [1.29, 1.82) is 0 Å². The van der Waals surface area contributed by atoms with Gasteiger partial charge in [0.2, 0.25) is 0 Å². The van der Waals surface area contributed by atoms with Crippen LogP contribution in [0.4, 0.5) is 0 Å². The van der Waals surface area contributed by atoms with E-state index in [1.54, 1.807) is 0 Å². The minimum Gasteiger partial charge on any atom is -1.00 e. The van der Waals surface area contributed by atoms with Crippen LogP contribution in [0.2, 0.25) is 10.0 Å². The summed E-state index contributed by atoms with van der Waals surface area (Å²) in [5.74, 6) is 1.41. The number of fused-ring (bicyclic) bond motifs is 1. The Morgan fingerprint density at radius 2 is 1.80 bits per heavy atom. The maximum atomic E-state index is 6.21. The molecule has 25 heavy (non-hydrogen) atoms. The fraction of sp³-hybridized carbons (Fsp3) is 0.250. The molecule has 0 saturated heterocycles. The molecular formula is C20H19BrCl2N2. The molecule has 0 amide bonds. The first kappa shape index (κ1) is 18.5. The third-order valence-electron chi connectivity index (χ3n) is 4.69.